The lowest BCUT2D eigenvalue weighted by Gasteiger charge is -2.23. The van der Waals surface area contributed by atoms with E-state index < -0.39 is 0 Å². The zero-order valence-corrected chi connectivity index (χ0v) is 13.4. The van der Waals surface area contributed by atoms with Crippen LogP contribution in [0.15, 0.2) is 6.20 Å². The molecule has 0 aliphatic carbocycles. The molecule has 3 rings (SSSR count). The standard InChI is InChI=1S/C14H22N6S/c1-3-6-15-13-18-11(10-8-17-20-12(10)19-13)16-9-14(2)5-4-7-21-14/h8H,3-7,9H2,1-2H3,(H3,15,16,17,18,19,20). The highest BCUT2D eigenvalue weighted by Crippen LogP contribution is 2.37. The number of aromatic amines is 1. The number of hydrogen-bond donors (Lipinski definition) is 3. The summed E-state index contributed by atoms with van der Waals surface area (Å²) in [6.45, 7) is 6.23. The first-order valence-corrected chi connectivity index (χ1v) is 8.51. The maximum absolute atomic E-state index is 4.60. The van der Waals surface area contributed by atoms with Crippen LogP contribution in [0.2, 0.25) is 0 Å². The number of nitrogens with one attached hydrogen (secondary N) is 3. The number of thioether (sulfide) groups is 1. The molecule has 1 unspecified atom stereocenters. The van der Waals surface area contributed by atoms with Crippen LogP contribution in [0.1, 0.15) is 33.1 Å². The van der Waals surface area contributed by atoms with Crippen LogP contribution in [-0.4, -0.2) is 43.8 Å². The smallest absolute Gasteiger partial charge is 0.226 e. The predicted octanol–water partition coefficient (Wildman–Crippen LogP) is 2.87. The van der Waals surface area contributed by atoms with Gasteiger partial charge in [0.15, 0.2) is 5.65 Å². The number of anilines is 2. The Morgan fingerprint density at radius 3 is 3.05 bits per heavy atom. The summed E-state index contributed by atoms with van der Waals surface area (Å²) in [4.78, 5) is 9.05. The van der Waals surface area contributed by atoms with Crippen molar-refractivity contribution in [3.05, 3.63) is 6.20 Å². The van der Waals surface area contributed by atoms with E-state index in [-0.39, 0.29) is 0 Å². The third-order valence-electron chi connectivity index (χ3n) is 3.77. The number of nitrogens with zero attached hydrogens (tertiary/aromatic N) is 3. The van der Waals surface area contributed by atoms with Crippen LogP contribution < -0.4 is 10.6 Å². The molecule has 2 aromatic heterocycles. The molecule has 3 N–H and O–H groups in total. The molecule has 6 nitrogen and oxygen atoms in total. The van der Waals surface area contributed by atoms with Gasteiger partial charge in [-0.1, -0.05) is 6.92 Å². The predicted molar refractivity (Wildman–Crippen MR) is 89.1 cm³/mol. The Kier molecular flexibility index (Phi) is 4.19. The molecule has 0 saturated carbocycles. The lowest BCUT2D eigenvalue weighted by molar-refractivity contribution is 0.634. The molecule has 1 aliphatic heterocycles. The molecule has 3 heterocycles. The quantitative estimate of drug-likeness (QED) is 0.761. The van der Waals surface area contributed by atoms with E-state index in [0.717, 1.165) is 36.4 Å². The van der Waals surface area contributed by atoms with Gasteiger partial charge >= 0.3 is 0 Å². The van der Waals surface area contributed by atoms with Gasteiger partial charge in [-0.05, 0) is 31.9 Å². The second-order valence-electron chi connectivity index (χ2n) is 5.71. The summed E-state index contributed by atoms with van der Waals surface area (Å²) in [5.74, 6) is 2.77. The summed E-state index contributed by atoms with van der Waals surface area (Å²) in [5, 5.41) is 14.7. The van der Waals surface area contributed by atoms with Gasteiger partial charge < -0.3 is 10.6 Å². The first-order chi connectivity index (χ1) is 10.2. The Balaban J connectivity index is 1.80. The SMILES string of the molecule is CCCNc1nc(NCC2(C)CCCS2)c2cn[nH]c2n1. The van der Waals surface area contributed by atoms with Gasteiger partial charge in [-0.15, -0.1) is 0 Å². The molecule has 1 fully saturated rings. The topological polar surface area (TPSA) is 78.5 Å². The minimum atomic E-state index is 0.304. The van der Waals surface area contributed by atoms with Crippen molar-refractivity contribution in [1.29, 1.82) is 0 Å². The van der Waals surface area contributed by atoms with Gasteiger partial charge in [0.2, 0.25) is 5.95 Å². The maximum atomic E-state index is 4.60. The molecule has 21 heavy (non-hydrogen) atoms. The summed E-state index contributed by atoms with van der Waals surface area (Å²) in [6, 6.07) is 0. The van der Waals surface area contributed by atoms with Crippen molar-refractivity contribution in [3.63, 3.8) is 0 Å². The molecule has 7 heteroatoms. The van der Waals surface area contributed by atoms with Crippen LogP contribution >= 0.6 is 11.8 Å². The minimum Gasteiger partial charge on any atom is -0.368 e. The van der Waals surface area contributed by atoms with E-state index in [1.165, 1.54) is 18.6 Å². The highest BCUT2D eigenvalue weighted by Gasteiger charge is 2.29. The molecule has 114 valence electrons. The third-order valence-corrected chi connectivity index (χ3v) is 5.31. The Morgan fingerprint density at radius 2 is 2.29 bits per heavy atom. The van der Waals surface area contributed by atoms with Gasteiger partial charge in [0.25, 0.3) is 0 Å². The molecule has 1 saturated heterocycles. The monoisotopic (exact) mass is 306 g/mol. The number of H-pyrrole nitrogens is 1. The van der Waals surface area contributed by atoms with Crippen LogP contribution in [0.5, 0.6) is 0 Å². The van der Waals surface area contributed by atoms with E-state index in [1.807, 2.05) is 11.8 Å². The minimum absolute atomic E-state index is 0.304. The number of aromatic nitrogens is 4. The van der Waals surface area contributed by atoms with Crippen molar-refractivity contribution in [1.82, 2.24) is 20.2 Å². The van der Waals surface area contributed by atoms with Gasteiger partial charge in [-0.3, -0.25) is 5.10 Å². The molecule has 0 radical (unpaired) electrons. The number of hydrogen-bond acceptors (Lipinski definition) is 6. The Bertz CT molecular complexity index is 605. The van der Waals surface area contributed by atoms with Crippen LogP contribution in [0, 0.1) is 0 Å². The van der Waals surface area contributed by atoms with Crippen molar-refractivity contribution >= 4 is 34.6 Å². The summed E-state index contributed by atoms with van der Waals surface area (Å²) >= 11 is 2.04. The van der Waals surface area contributed by atoms with E-state index in [2.05, 4.69) is 44.6 Å². The van der Waals surface area contributed by atoms with E-state index in [9.17, 15) is 0 Å². The second kappa shape index (κ2) is 6.09. The molecular formula is C14H22N6S. The zero-order valence-electron chi connectivity index (χ0n) is 12.6. The van der Waals surface area contributed by atoms with Gasteiger partial charge in [-0.25, -0.2) is 0 Å². The van der Waals surface area contributed by atoms with Crippen molar-refractivity contribution < 1.29 is 0 Å². The van der Waals surface area contributed by atoms with Crippen molar-refractivity contribution in [3.8, 4) is 0 Å². The van der Waals surface area contributed by atoms with E-state index in [4.69, 9.17) is 0 Å². The second-order valence-corrected chi connectivity index (χ2v) is 7.39. The number of fused-ring (bicyclic) bond motifs is 1. The lowest BCUT2D eigenvalue weighted by atomic mass is 10.1. The lowest BCUT2D eigenvalue weighted by Crippen LogP contribution is -2.27. The molecule has 0 bridgehead atoms. The van der Waals surface area contributed by atoms with Crippen LogP contribution in [-0.2, 0) is 0 Å². The highest BCUT2D eigenvalue weighted by molar-refractivity contribution is 8.00. The van der Waals surface area contributed by atoms with Crippen LogP contribution in [0.25, 0.3) is 11.0 Å². The normalized spacial score (nSPS) is 21.8. The molecule has 0 amide bonds. The average molecular weight is 306 g/mol. The fourth-order valence-corrected chi connectivity index (χ4v) is 3.78. The Labute approximate surface area is 128 Å². The third kappa shape index (κ3) is 3.23. The van der Waals surface area contributed by atoms with Crippen LogP contribution in [0.4, 0.5) is 11.8 Å². The number of rotatable bonds is 6. The summed E-state index contributed by atoms with van der Waals surface area (Å²) in [7, 11) is 0. The van der Waals surface area contributed by atoms with Gasteiger partial charge in [0.05, 0.1) is 11.6 Å². The Hall–Kier alpha value is -1.50. The van der Waals surface area contributed by atoms with Gasteiger partial charge in [-0.2, -0.15) is 26.8 Å². The summed E-state index contributed by atoms with van der Waals surface area (Å²) < 4.78 is 0.304. The molecule has 0 spiro atoms. The van der Waals surface area contributed by atoms with Crippen molar-refractivity contribution in [2.24, 2.45) is 0 Å². The van der Waals surface area contributed by atoms with Gasteiger partial charge in [0.1, 0.15) is 5.82 Å². The molecule has 0 aromatic carbocycles. The van der Waals surface area contributed by atoms with E-state index in [0.29, 0.717) is 10.7 Å². The highest BCUT2D eigenvalue weighted by atomic mass is 32.2. The van der Waals surface area contributed by atoms with E-state index in [1.54, 1.807) is 6.20 Å². The van der Waals surface area contributed by atoms with Crippen LogP contribution in [0.3, 0.4) is 0 Å². The Morgan fingerprint density at radius 1 is 1.38 bits per heavy atom. The summed E-state index contributed by atoms with van der Waals surface area (Å²) in [6.07, 6.45) is 5.38. The fraction of sp³-hybridized carbons (Fsp3) is 0.643. The first kappa shape index (κ1) is 14.4. The van der Waals surface area contributed by atoms with E-state index >= 15 is 0 Å². The van der Waals surface area contributed by atoms with Crippen molar-refractivity contribution in [2.45, 2.75) is 37.9 Å². The van der Waals surface area contributed by atoms with Crippen molar-refractivity contribution in [2.75, 3.05) is 29.5 Å². The summed E-state index contributed by atoms with van der Waals surface area (Å²) in [5.41, 5.74) is 0.773. The van der Waals surface area contributed by atoms with Gasteiger partial charge in [0, 0.05) is 17.8 Å². The largest absolute Gasteiger partial charge is 0.368 e. The molecule has 1 aliphatic rings. The molecule has 2 aromatic rings. The fourth-order valence-electron chi connectivity index (χ4n) is 2.53. The molecular weight excluding hydrogens is 284 g/mol. The zero-order chi connectivity index (χ0) is 14.7. The maximum Gasteiger partial charge on any atom is 0.226 e. The average Bonchev–Trinajstić information content (AvgIpc) is 3.12. The molecule has 1 atom stereocenters. The first-order valence-electron chi connectivity index (χ1n) is 7.53.